The molecule has 33 heavy (non-hydrogen) atoms. The van der Waals surface area contributed by atoms with Crippen molar-refractivity contribution in [3.63, 3.8) is 0 Å². The zero-order valence-electron chi connectivity index (χ0n) is 17.9. The molecule has 2 aromatic carbocycles. The van der Waals surface area contributed by atoms with E-state index in [1.54, 1.807) is 30.3 Å². The number of nitrogens with one attached hydrogen (secondary N) is 2. The largest absolute Gasteiger partial charge is 0.455 e. The molecule has 2 aromatic rings. The van der Waals surface area contributed by atoms with Gasteiger partial charge in [-0.2, -0.15) is 4.31 Å². The Bertz CT molecular complexity index is 1130. The highest BCUT2D eigenvalue weighted by Crippen LogP contribution is 2.33. The molecule has 2 fully saturated rings. The van der Waals surface area contributed by atoms with Crippen LogP contribution in [0.3, 0.4) is 0 Å². The van der Waals surface area contributed by atoms with E-state index in [1.165, 1.54) is 16.4 Å². The molecule has 0 unspecified atom stereocenters. The lowest BCUT2D eigenvalue weighted by molar-refractivity contribution is -0.125. The lowest BCUT2D eigenvalue weighted by Crippen LogP contribution is -2.38. The van der Waals surface area contributed by atoms with Crippen LogP contribution in [0, 0.1) is 0 Å². The lowest BCUT2D eigenvalue weighted by atomic mass is 10.2. The van der Waals surface area contributed by atoms with E-state index in [0.717, 1.165) is 24.2 Å². The molecule has 0 bridgehead atoms. The van der Waals surface area contributed by atoms with E-state index in [9.17, 15) is 18.0 Å². The number of benzene rings is 2. The van der Waals surface area contributed by atoms with Gasteiger partial charge in [0, 0.05) is 31.2 Å². The minimum absolute atomic E-state index is 0.113. The number of hydrogen-bond acceptors (Lipinski definition) is 6. The summed E-state index contributed by atoms with van der Waals surface area (Å²) in [5.41, 5.74) is 0.330. The molecule has 2 saturated heterocycles. The quantitative estimate of drug-likeness (QED) is 0.614. The number of sulfonamides is 1. The molecule has 0 aromatic heterocycles. The lowest BCUT2D eigenvalue weighted by Gasteiger charge is -2.26. The summed E-state index contributed by atoms with van der Waals surface area (Å²) >= 11 is 5.94. The average Bonchev–Trinajstić information content (AvgIpc) is 3.26. The Hall–Kier alpha value is -2.82. The summed E-state index contributed by atoms with van der Waals surface area (Å²) in [4.78, 5) is 25.5. The van der Waals surface area contributed by atoms with Gasteiger partial charge >= 0.3 is 6.03 Å². The fourth-order valence-corrected chi connectivity index (χ4v) is 5.43. The van der Waals surface area contributed by atoms with Gasteiger partial charge in [-0.05, 0) is 55.3 Å². The number of carbonyl (C=O) groups is 2. The van der Waals surface area contributed by atoms with Crippen molar-refractivity contribution in [2.75, 3.05) is 38.0 Å². The number of carbonyl (C=O) groups excluding carboxylic acids is 2. The van der Waals surface area contributed by atoms with Crippen molar-refractivity contribution in [3.8, 4) is 11.5 Å². The predicted molar refractivity (Wildman–Crippen MR) is 124 cm³/mol. The molecule has 0 saturated carbocycles. The van der Waals surface area contributed by atoms with E-state index in [1.807, 2.05) is 0 Å². The van der Waals surface area contributed by atoms with Crippen LogP contribution < -0.4 is 15.4 Å². The number of ether oxygens (including phenoxy) is 1. The Labute approximate surface area is 197 Å². The van der Waals surface area contributed by atoms with Crippen molar-refractivity contribution in [1.82, 2.24) is 14.5 Å². The van der Waals surface area contributed by atoms with Gasteiger partial charge in [-0.3, -0.25) is 9.69 Å². The van der Waals surface area contributed by atoms with Crippen LogP contribution in [0.15, 0.2) is 47.4 Å². The molecular weight excluding hydrogens is 468 g/mol. The Kier molecular flexibility index (Phi) is 7.06. The highest BCUT2D eigenvalue weighted by atomic mass is 35.5. The van der Waals surface area contributed by atoms with Gasteiger partial charge in [0.1, 0.15) is 5.75 Å². The van der Waals surface area contributed by atoms with Gasteiger partial charge in [-0.1, -0.05) is 18.0 Å². The van der Waals surface area contributed by atoms with Crippen LogP contribution in [0.1, 0.15) is 19.3 Å². The van der Waals surface area contributed by atoms with Crippen molar-refractivity contribution in [2.24, 2.45) is 0 Å². The molecule has 2 N–H and O–H groups in total. The highest BCUT2D eigenvalue weighted by Gasteiger charge is 2.28. The Balaban J connectivity index is 1.60. The number of urea groups is 1. The third-order valence-corrected chi connectivity index (χ3v) is 7.68. The number of piperidine rings is 1. The first-order valence-corrected chi connectivity index (χ1v) is 12.6. The first-order chi connectivity index (χ1) is 15.8. The number of imide groups is 1. The molecule has 2 heterocycles. The number of halogens is 1. The van der Waals surface area contributed by atoms with E-state index in [0.29, 0.717) is 41.8 Å². The summed E-state index contributed by atoms with van der Waals surface area (Å²) in [6.45, 7) is 1.46. The van der Waals surface area contributed by atoms with Crippen molar-refractivity contribution in [3.05, 3.63) is 47.5 Å². The minimum Gasteiger partial charge on any atom is -0.455 e. The molecule has 11 heteroatoms. The summed E-state index contributed by atoms with van der Waals surface area (Å²) < 4.78 is 33.7. The standard InChI is InChI=1S/C22H25ClN4O5S/c23-16-4-6-17(7-5-16)32-20-9-8-18(33(30,31)26-11-2-1-3-12-26)14-19(20)25-15-21(28)27-13-10-24-22(27)29/h4-9,14,25H,1-3,10-13,15H2,(H,24,29). The SMILES string of the molecule is O=C(CNc1cc(S(=O)(=O)N2CCCCC2)ccc1Oc1ccc(Cl)cc1)N1CCNC1=O. The van der Waals surface area contributed by atoms with Gasteiger partial charge in [-0.25, -0.2) is 13.2 Å². The number of rotatable bonds is 7. The van der Waals surface area contributed by atoms with Gasteiger partial charge in [0.05, 0.1) is 17.1 Å². The van der Waals surface area contributed by atoms with E-state index in [-0.39, 0.29) is 18.0 Å². The molecule has 176 valence electrons. The van der Waals surface area contributed by atoms with Crippen LogP contribution in [0.5, 0.6) is 11.5 Å². The first kappa shape index (κ1) is 23.3. The Morgan fingerprint density at radius 1 is 1.06 bits per heavy atom. The fourth-order valence-electron chi connectivity index (χ4n) is 3.76. The number of amides is 3. The van der Waals surface area contributed by atoms with Gasteiger partial charge in [0.25, 0.3) is 0 Å². The molecule has 2 aliphatic heterocycles. The number of hydrogen-bond donors (Lipinski definition) is 2. The molecule has 0 aliphatic carbocycles. The Morgan fingerprint density at radius 2 is 1.79 bits per heavy atom. The van der Waals surface area contributed by atoms with Gasteiger partial charge in [-0.15, -0.1) is 0 Å². The predicted octanol–water partition coefficient (Wildman–Crippen LogP) is 3.27. The minimum atomic E-state index is -3.68. The number of nitrogens with zero attached hydrogens (tertiary/aromatic N) is 2. The van der Waals surface area contributed by atoms with Crippen LogP contribution in [0.2, 0.25) is 5.02 Å². The smallest absolute Gasteiger partial charge is 0.324 e. The van der Waals surface area contributed by atoms with E-state index in [4.69, 9.17) is 16.3 Å². The zero-order valence-corrected chi connectivity index (χ0v) is 19.5. The molecule has 3 amide bonds. The second-order valence-electron chi connectivity index (χ2n) is 7.81. The molecule has 0 spiro atoms. The van der Waals surface area contributed by atoms with E-state index >= 15 is 0 Å². The summed E-state index contributed by atoms with van der Waals surface area (Å²) in [6, 6.07) is 10.8. The summed E-state index contributed by atoms with van der Waals surface area (Å²) in [6.07, 6.45) is 2.67. The molecule has 9 nitrogen and oxygen atoms in total. The molecule has 4 rings (SSSR count). The number of anilines is 1. The molecule has 0 radical (unpaired) electrons. The maximum absolute atomic E-state index is 13.2. The van der Waals surface area contributed by atoms with Crippen molar-refractivity contribution in [1.29, 1.82) is 0 Å². The summed E-state index contributed by atoms with van der Waals surface area (Å²) in [5, 5.41) is 6.09. The van der Waals surface area contributed by atoms with Gasteiger partial charge in [0.15, 0.2) is 5.75 Å². The van der Waals surface area contributed by atoms with E-state index in [2.05, 4.69) is 10.6 Å². The molecule has 0 atom stereocenters. The summed E-state index contributed by atoms with van der Waals surface area (Å²) in [7, 11) is -3.68. The highest BCUT2D eigenvalue weighted by molar-refractivity contribution is 7.89. The van der Waals surface area contributed by atoms with Gasteiger partial charge in [0.2, 0.25) is 15.9 Å². The van der Waals surface area contributed by atoms with Crippen molar-refractivity contribution >= 4 is 39.2 Å². The second kappa shape index (κ2) is 9.98. The van der Waals surface area contributed by atoms with Crippen LogP contribution in [-0.2, 0) is 14.8 Å². The maximum atomic E-state index is 13.2. The van der Waals surface area contributed by atoms with Crippen LogP contribution in [0.25, 0.3) is 0 Å². The van der Waals surface area contributed by atoms with Crippen LogP contribution >= 0.6 is 11.6 Å². The topological polar surface area (TPSA) is 108 Å². The Morgan fingerprint density at radius 3 is 2.45 bits per heavy atom. The zero-order chi connectivity index (χ0) is 23.4. The maximum Gasteiger partial charge on any atom is 0.324 e. The molecular formula is C22H25ClN4O5S. The third kappa shape index (κ3) is 5.40. The van der Waals surface area contributed by atoms with Crippen LogP contribution in [0.4, 0.5) is 10.5 Å². The summed E-state index contributed by atoms with van der Waals surface area (Å²) in [5.74, 6) is 0.416. The fraction of sp³-hybridized carbons (Fsp3) is 0.364. The first-order valence-electron chi connectivity index (χ1n) is 10.7. The van der Waals surface area contributed by atoms with Gasteiger partial charge < -0.3 is 15.4 Å². The van der Waals surface area contributed by atoms with Crippen LogP contribution in [-0.4, -0.2) is 62.3 Å². The third-order valence-electron chi connectivity index (χ3n) is 5.53. The average molecular weight is 493 g/mol. The molecule has 2 aliphatic rings. The monoisotopic (exact) mass is 492 g/mol. The van der Waals surface area contributed by atoms with Crippen molar-refractivity contribution in [2.45, 2.75) is 24.2 Å². The van der Waals surface area contributed by atoms with Crippen molar-refractivity contribution < 1.29 is 22.7 Å². The van der Waals surface area contributed by atoms with E-state index < -0.39 is 22.0 Å². The second-order valence-corrected chi connectivity index (χ2v) is 10.2. The normalized spacial score (nSPS) is 17.0.